The molecule has 10 aromatic rings. The van der Waals surface area contributed by atoms with Gasteiger partial charge in [0.05, 0.1) is 0 Å². The van der Waals surface area contributed by atoms with Crippen molar-refractivity contribution in [1.82, 2.24) is 5.32 Å². The minimum Gasteiger partial charge on any atom is -0.456 e. The number of nitrogens with one attached hydrogen (secondary N) is 1. The van der Waals surface area contributed by atoms with Crippen LogP contribution in [0.3, 0.4) is 0 Å². The second-order valence-corrected chi connectivity index (χ2v) is 13.7. The third-order valence-electron chi connectivity index (χ3n) is 10.7. The number of hydrogen-bond acceptors (Lipinski definition) is 4. The van der Waals surface area contributed by atoms with Crippen molar-refractivity contribution in [3.63, 3.8) is 0 Å². The molecule has 1 aromatic heterocycles. The van der Waals surface area contributed by atoms with E-state index in [9.17, 15) is 0 Å². The highest BCUT2D eigenvalue weighted by Gasteiger charge is 2.27. The fraction of sp³-hybridized carbons (Fsp3) is 0.0204. The Balaban J connectivity index is 1.23. The quantitative estimate of drug-likeness (QED) is 0.189. The summed E-state index contributed by atoms with van der Waals surface area (Å²) in [6, 6.07) is 62.1. The second kappa shape index (κ2) is 11.8. The molecule has 1 aliphatic heterocycles. The van der Waals surface area contributed by atoms with Gasteiger partial charge in [0, 0.05) is 27.5 Å². The standard InChI is InChI=1S/C49H31N3O/c1-2-14-30(15-3-1)33-28-43(46-40-24-12-13-25-44(40)53-45(46)29-33)49-51-47(41-26-31-16-4-6-18-34(31)36-20-8-10-22-38(36)41)50-48(52-49)42-27-32-17-5-7-19-35(32)37-21-9-11-23-39(37)42/h1-29,47H,(H,50,51,52). The van der Waals surface area contributed by atoms with Crippen molar-refractivity contribution in [1.29, 1.82) is 0 Å². The van der Waals surface area contributed by atoms with Gasteiger partial charge in [0.1, 0.15) is 23.2 Å². The van der Waals surface area contributed by atoms with E-state index in [1.54, 1.807) is 0 Å². The summed E-state index contributed by atoms with van der Waals surface area (Å²) < 4.78 is 6.56. The van der Waals surface area contributed by atoms with Gasteiger partial charge in [0.25, 0.3) is 0 Å². The van der Waals surface area contributed by atoms with E-state index >= 15 is 0 Å². The minimum absolute atomic E-state index is 0.425. The molecule has 0 bridgehead atoms. The monoisotopic (exact) mass is 677 g/mol. The number of fused-ring (bicyclic) bond motifs is 9. The van der Waals surface area contributed by atoms with Crippen LogP contribution in [0.25, 0.3) is 76.2 Å². The van der Waals surface area contributed by atoms with Crippen LogP contribution in [-0.2, 0) is 0 Å². The predicted molar refractivity (Wildman–Crippen MR) is 221 cm³/mol. The molecule has 1 N–H and O–H groups in total. The van der Waals surface area contributed by atoms with E-state index in [1.165, 1.54) is 26.9 Å². The van der Waals surface area contributed by atoms with Crippen LogP contribution in [0.4, 0.5) is 0 Å². The smallest absolute Gasteiger partial charge is 0.160 e. The summed E-state index contributed by atoms with van der Waals surface area (Å²) in [5, 5.41) is 15.4. The minimum atomic E-state index is -0.425. The number of aliphatic imine (C=N–C) groups is 2. The Labute approximate surface area is 305 Å². The number of para-hydroxylation sites is 1. The predicted octanol–water partition coefficient (Wildman–Crippen LogP) is 12.4. The third kappa shape index (κ3) is 4.77. The van der Waals surface area contributed by atoms with Crippen molar-refractivity contribution >= 4 is 76.7 Å². The zero-order valence-electron chi connectivity index (χ0n) is 28.6. The van der Waals surface area contributed by atoms with Gasteiger partial charge in [-0.05, 0) is 84.5 Å². The molecule has 0 spiro atoms. The molecular formula is C49H31N3O. The van der Waals surface area contributed by atoms with Crippen LogP contribution >= 0.6 is 0 Å². The second-order valence-electron chi connectivity index (χ2n) is 13.7. The van der Waals surface area contributed by atoms with Gasteiger partial charge in [-0.1, -0.05) is 146 Å². The molecule has 1 aliphatic rings. The highest BCUT2D eigenvalue weighted by molar-refractivity contribution is 6.26. The number of benzene rings is 9. The first-order valence-corrected chi connectivity index (χ1v) is 18.0. The van der Waals surface area contributed by atoms with E-state index < -0.39 is 6.17 Å². The Morgan fingerprint density at radius 2 is 1.02 bits per heavy atom. The van der Waals surface area contributed by atoms with Crippen LogP contribution < -0.4 is 5.32 Å². The van der Waals surface area contributed by atoms with Crippen LogP contribution in [0.5, 0.6) is 0 Å². The van der Waals surface area contributed by atoms with E-state index in [-0.39, 0.29) is 0 Å². The molecule has 4 nitrogen and oxygen atoms in total. The maximum absolute atomic E-state index is 6.56. The van der Waals surface area contributed by atoms with Gasteiger partial charge in [0.15, 0.2) is 5.84 Å². The molecule has 4 heteroatoms. The number of hydrogen-bond donors (Lipinski definition) is 1. The Morgan fingerprint density at radius 3 is 1.77 bits per heavy atom. The molecule has 0 fully saturated rings. The van der Waals surface area contributed by atoms with Crippen LogP contribution in [0.2, 0.25) is 0 Å². The summed E-state index contributed by atoms with van der Waals surface area (Å²) in [6.07, 6.45) is -0.425. The number of nitrogens with zero attached hydrogens (tertiary/aromatic N) is 2. The molecule has 53 heavy (non-hydrogen) atoms. The van der Waals surface area contributed by atoms with Gasteiger partial charge in [-0.25, -0.2) is 9.98 Å². The van der Waals surface area contributed by atoms with E-state index in [2.05, 4.69) is 163 Å². The summed E-state index contributed by atoms with van der Waals surface area (Å²) in [5.41, 5.74) is 6.87. The fourth-order valence-electron chi connectivity index (χ4n) is 8.25. The zero-order valence-corrected chi connectivity index (χ0v) is 28.6. The Kier molecular flexibility index (Phi) is 6.58. The molecule has 9 aromatic carbocycles. The zero-order chi connectivity index (χ0) is 34.9. The lowest BCUT2D eigenvalue weighted by Crippen LogP contribution is -2.34. The highest BCUT2D eigenvalue weighted by Crippen LogP contribution is 2.39. The maximum Gasteiger partial charge on any atom is 0.160 e. The molecular weight excluding hydrogens is 647 g/mol. The fourth-order valence-corrected chi connectivity index (χ4v) is 8.25. The van der Waals surface area contributed by atoms with Crippen molar-refractivity contribution in [2.75, 3.05) is 0 Å². The Bertz CT molecular complexity index is 3150. The molecule has 1 atom stereocenters. The summed E-state index contributed by atoms with van der Waals surface area (Å²) in [6.45, 7) is 0. The van der Waals surface area contributed by atoms with Crippen molar-refractivity contribution in [2.45, 2.75) is 6.17 Å². The van der Waals surface area contributed by atoms with Gasteiger partial charge in [-0.15, -0.1) is 0 Å². The van der Waals surface area contributed by atoms with Gasteiger partial charge < -0.3 is 9.73 Å². The first kappa shape index (κ1) is 29.7. The molecule has 0 saturated heterocycles. The van der Waals surface area contributed by atoms with E-state index in [4.69, 9.17) is 14.4 Å². The van der Waals surface area contributed by atoms with E-state index in [1.807, 2.05) is 18.2 Å². The lowest BCUT2D eigenvalue weighted by molar-refractivity contribution is 0.669. The largest absolute Gasteiger partial charge is 0.456 e. The van der Waals surface area contributed by atoms with Crippen molar-refractivity contribution in [3.8, 4) is 11.1 Å². The Morgan fingerprint density at radius 1 is 0.434 bits per heavy atom. The van der Waals surface area contributed by atoms with Gasteiger partial charge >= 0.3 is 0 Å². The average molecular weight is 678 g/mol. The number of furan rings is 1. The normalized spacial score (nSPS) is 14.6. The summed E-state index contributed by atoms with van der Waals surface area (Å²) in [7, 11) is 0. The number of amidine groups is 2. The van der Waals surface area contributed by atoms with E-state index in [0.717, 1.165) is 71.8 Å². The van der Waals surface area contributed by atoms with Gasteiger partial charge in [0.2, 0.25) is 0 Å². The summed E-state index contributed by atoms with van der Waals surface area (Å²) in [5.74, 6) is 1.44. The average Bonchev–Trinajstić information content (AvgIpc) is 3.61. The van der Waals surface area contributed by atoms with Crippen molar-refractivity contribution < 1.29 is 4.42 Å². The molecule has 0 radical (unpaired) electrons. The first-order valence-electron chi connectivity index (χ1n) is 18.0. The van der Waals surface area contributed by atoms with Crippen LogP contribution in [0.1, 0.15) is 22.9 Å². The molecule has 2 heterocycles. The highest BCUT2D eigenvalue weighted by atomic mass is 16.3. The lowest BCUT2D eigenvalue weighted by Gasteiger charge is -2.26. The van der Waals surface area contributed by atoms with Crippen LogP contribution in [-0.4, -0.2) is 11.7 Å². The van der Waals surface area contributed by atoms with E-state index in [0.29, 0.717) is 5.84 Å². The molecule has 0 aliphatic carbocycles. The van der Waals surface area contributed by atoms with Crippen LogP contribution in [0, 0.1) is 0 Å². The van der Waals surface area contributed by atoms with Crippen molar-refractivity contribution in [3.05, 3.63) is 193 Å². The van der Waals surface area contributed by atoms with Crippen molar-refractivity contribution in [2.24, 2.45) is 9.98 Å². The summed E-state index contributed by atoms with van der Waals surface area (Å²) in [4.78, 5) is 11.0. The molecule has 0 saturated carbocycles. The van der Waals surface area contributed by atoms with Crippen LogP contribution in [0.15, 0.2) is 190 Å². The lowest BCUT2D eigenvalue weighted by atomic mass is 9.94. The van der Waals surface area contributed by atoms with Gasteiger partial charge in [-0.3, -0.25) is 0 Å². The topological polar surface area (TPSA) is 49.9 Å². The third-order valence-corrected chi connectivity index (χ3v) is 10.7. The molecule has 0 amide bonds. The molecule has 11 rings (SSSR count). The molecule has 1 unspecified atom stereocenters. The molecule has 248 valence electrons. The number of rotatable bonds is 4. The SMILES string of the molecule is c1ccc(-c2cc(C3=NC(c4cc5ccccc5c5ccccc45)NC(c4cc5ccccc5c5ccccc45)=N3)c3c(c2)oc2ccccc23)cc1. The Hall–Kier alpha value is -7.04. The first-order chi connectivity index (χ1) is 26.3. The maximum atomic E-state index is 6.56. The van der Waals surface area contributed by atoms with Gasteiger partial charge in [-0.2, -0.15) is 0 Å². The summed E-state index contributed by atoms with van der Waals surface area (Å²) >= 11 is 0.